The van der Waals surface area contributed by atoms with Crippen LogP contribution in [0.3, 0.4) is 0 Å². The lowest BCUT2D eigenvalue weighted by atomic mass is 9.92. The SMILES string of the molecule is CCOc1cccc(C2c3[nH]c4ccccc4c3CCN2C(=O)c2cccs2)c1. The van der Waals surface area contributed by atoms with Gasteiger partial charge in [-0.15, -0.1) is 11.3 Å². The van der Waals surface area contributed by atoms with Crippen LogP contribution in [0.25, 0.3) is 10.9 Å². The van der Waals surface area contributed by atoms with Gasteiger partial charge in [-0.1, -0.05) is 36.4 Å². The lowest BCUT2D eigenvalue weighted by Crippen LogP contribution is -2.40. The number of hydrogen-bond acceptors (Lipinski definition) is 3. The van der Waals surface area contributed by atoms with E-state index in [4.69, 9.17) is 4.74 Å². The predicted octanol–water partition coefficient (Wildman–Crippen LogP) is 5.42. The molecule has 1 amide bonds. The molecule has 0 spiro atoms. The first-order valence-electron chi connectivity index (χ1n) is 9.93. The number of hydrogen-bond donors (Lipinski definition) is 1. The third kappa shape index (κ3) is 3.12. The van der Waals surface area contributed by atoms with Crippen molar-refractivity contribution in [2.24, 2.45) is 0 Å². The summed E-state index contributed by atoms with van der Waals surface area (Å²) in [5.74, 6) is 0.910. The topological polar surface area (TPSA) is 45.3 Å². The first-order valence-corrected chi connectivity index (χ1v) is 10.8. The molecule has 2 aromatic carbocycles. The van der Waals surface area contributed by atoms with Crippen LogP contribution in [0.1, 0.15) is 39.5 Å². The Hall–Kier alpha value is -3.05. The number of para-hydroxylation sites is 1. The zero-order valence-corrected chi connectivity index (χ0v) is 17.0. The number of thiophene rings is 1. The van der Waals surface area contributed by atoms with E-state index in [1.807, 2.05) is 47.5 Å². The van der Waals surface area contributed by atoms with Gasteiger partial charge < -0.3 is 14.6 Å². The summed E-state index contributed by atoms with van der Waals surface area (Å²) >= 11 is 1.49. The molecule has 1 aliphatic rings. The summed E-state index contributed by atoms with van der Waals surface area (Å²) in [6, 6.07) is 20.2. The molecule has 146 valence electrons. The van der Waals surface area contributed by atoms with Gasteiger partial charge in [-0.2, -0.15) is 0 Å². The van der Waals surface area contributed by atoms with Crippen LogP contribution in [-0.4, -0.2) is 28.9 Å². The zero-order chi connectivity index (χ0) is 19.8. The molecule has 1 aliphatic heterocycles. The van der Waals surface area contributed by atoms with Crippen molar-refractivity contribution in [1.82, 2.24) is 9.88 Å². The fourth-order valence-corrected chi connectivity index (χ4v) is 4.97. The Morgan fingerprint density at radius 3 is 2.90 bits per heavy atom. The van der Waals surface area contributed by atoms with Crippen LogP contribution >= 0.6 is 11.3 Å². The maximum atomic E-state index is 13.4. The second-order valence-corrected chi connectivity index (χ2v) is 8.14. The molecule has 29 heavy (non-hydrogen) atoms. The highest BCUT2D eigenvalue weighted by Crippen LogP contribution is 2.40. The van der Waals surface area contributed by atoms with Crippen molar-refractivity contribution < 1.29 is 9.53 Å². The highest BCUT2D eigenvalue weighted by molar-refractivity contribution is 7.12. The minimum atomic E-state index is -0.166. The van der Waals surface area contributed by atoms with Crippen molar-refractivity contribution in [3.8, 4) is 5.75 Å². The Balaban J connectivity index is 1.66. The molecule has 0 saturated heterocycles. The van der Waals surface area contributed by atoms with Crippen LogP contribution in [0.2, 0.25) is 0 Å². The fourth-order valence-electron chi connectivity index (χ4n) is 4.29. The minimum absolute atomic E-state index is 0.0797. The average Bonchev–Trinajstić information content (AvgIpc) is 3.41. The molecule has 0 radical (unpaired) electrons. The smallest absolute Gasteiger partial charge is 0.264 e. The number of carbonyl (C=O) groups excluding carboxylic acids is 1. The number of aromatic amines is 1. The Morgan fingerprint density at radius 2 is 2.07 bits per heavy atom. The molecular formula is C24H22N2O2S. The predicted molar refractivity (Wildman–Crippen MR) is 117 cm³/mol. The van der Waals surface area contributed by atoms with E-state index in [2.05, 4.69) is 35.3 Å². The van der Waals surface area contributed by atoms with Gasteiger partial charge in [-0.25, -0.2) is 0 Å². The van der Waals surface area contributed by atoms with E-state index in [0.29, 0.717) is 13.2 Å². The lowest BCUT2D eigenvalue weighted by Gasteiger charge is -2.36. The van der Waals surface area contributed by atoms with Crippen LogP contribution in [-0.2, 0) is 6.42 Å². The van der Waals surface area contributed by atoms with Gasteiger partial charge in [0.05, 0.1) is 17.5 Å². The van der Waals surface area contributed by atoms with Crippen molar-refractivity contribution in [3.05, 3.63) is 87.7 Å². The van der Waals surface area contributed by atoms with Crippen LogP contribution in [0.4, 0.5) is 0 Å². The highest BCUT2D eigenvalue weighted by Gasteiger charge is 2.35. The quantitative estimate of drug-likeness (QED) is 0.496. The molecule has 3 heterocycles. The number of rotatable bonds is 4. The van der Waals surface area contributed by atoms with Crippen molar-refractivity contribution in [2.45, 2.75) is 19.4 Å². The number of fused-ring (bicyclic) bond motifs is 3. The van der Waals surface area contributed by atoms with Crippen molar-refractivity contribution in [2.75, 3.05) is 13.2 Å². The molecule has 0 aliphatic carbocycles. The summed E-state index contributed by atoms with van der Waals surface area (Å²) in [6.07, 6.45) is 0.845. The fraction of sp³-hybridized carbons (Fsp3) is 0.208. The molecule has 1 unspecified atom stereocenters. The number of nitrogens with one attached hydrogen (secondary N) is 1. The average molecular weight is 403 g/mol. The molecule has 4 nitrogen and oxygen atoms in total. The number of benzene rings is 2. The van der Waals surface area contributed by atoms with Gasteiger partial charge in [0, 0.05) is 23.1 Å². The van der Waals surface area contributed by atoms with E-state index < -0.39 is 0 Å². The van der Waals surface area contributed by atoms with Crippen molar-refractivity contribution >= 4 is 28.1 Å². The number of H-pyrrole nitrogens is 1. The summed E-state index contributed by atoms with van der Waals surface area (Å²) < 4.78 is 5.74. The van der Waals surface area contributed by atoms with E-state index in [0.717, 1.165) is 33.8 Å². The van der Waals surface area contributed by atoms with Crippen molar-refractivity contribution in [1.29, 1.82) is 0 Å². The molecule has 0 saturated carbocycles. The van der Waals surface area contributed by atoms with Crippen molar-refractivity contribution in [3.63, 3.8) is 0 Å². The molecule has 0 bridgehead atoms. The Bertz CT molecular complexity index is 1160. The summed E-state index contributed by atoms with van der Waals surface area (Å²) in [5.41, 5.74) is 4.60. The monoisotopic (exact) mass is 402 g/mol. The largest absolute Gasteiger partial charge is 0.494 e. The summed E-state index contributed by atoms with van der Waals surface area (Å²) in [7, 11) is 0. The highest BCUT2D eigenvalue weighted by atomic mass is 32.1. The maximum Gasteiger partial charge on any atom is 0.264 e. The minimum Gasteiger partial charge on any atom is -0.494 e. The lowest BCUT2D eigenvalue weighted by molar-refractivity contribution is 0.0696. The summed E-state index contributed by atoms with van der Waals surface area (Å²) in [4.78, 5) is 19.8. The third-order valence-electron chi connectivity index (χ3n) is 5.51. The van der Waals surface area contributed by atoms with Crippen LogP contribution in [0.15, 0.2) is 66.0 Å². The standard InChI is InChI=1S/C24H22N2O2S/c1-2-28-17-8-5-7-16(15-17)23-22-19(18-9-3-4-10-20(18)25-22)12-13-26(23)24(27)21-11-6-14-29-21/h3-11,14-15,23,25H,2,12-13H2,1H3. The number of aromatic nitrogens is 1. The molecular weight excluding hydrogens is 380 g/mol. The molecule has 0 fully saturated rings. The van der Waals surface area contributed by atoms with E-state index in [-0.39, 0.29) is 11.9 Å². The van der Waals surface area contributed by atoms with Crippen LogP contribution in [0.5, 0.6) is 5.75 Å². The van der Waals surface area contributed by atoms with Gasteiger partial charge in [0.25, 0.3) is 5.91 Å². The molecule has 5 heteroatoms. The van der Waals surface area contributed by atoms with Gasteiger partial charge >= 0.3 is 0 Å². The number of nitrogens with zero attached hydrogens (tertiary/aromatic N) is 1. The first kappa shape index (κ1) is 18.0. The first-order chi connectivity index (χ1) is 14.3. The van der Waals surface area contributed by atoms with E-state index in [1.165, 1.54) is 22.3 Å². The Labute approximate surface area is 173 Å². The Morgan fingerprint density at radius 1 is 1.17 bits per heavy atom. The normalized spacial score (nSPS) is 16.0. The summed E-state index contributed by atoms with van der Waals surface area (Å²) in [5, 5.41) is 3.20. The van der Waals surface area contributed by atoms with Gasteiger partial charge in [0.15, 0.2) is 0 Å². The molecule has 4 aromatic rings. The van der Waals surface area contributed by atoms with E-state index >= 15 is 0 Å². The molecule has 5 rings (SSSR count). The third-order valence-corrected chi connectivity index (χ3v) is 6.37. The Kier molecular flexibility index (Phi) is 4.60. The van der Waals surface area contributed by atoms with Gasteiger partial charge in [0.1, 0.15) is 5.75 Å². The van der Waals surface area contributed by atoms with Gasteiger partial charge in [-0.05, 0) is 54.1 Å². The maximum absolute atomic E-state index is 13.4. The van der Waals surface area contributed by atoms with E-state index in [9.17, 15) is 4.79 Å². The summed E-state index contributed by atoms with van der Waals surface area (Å²) in [6.45, 7) is 3.29. The second-order valence-electron chi connectivity index (χ2n) is 7.20. The molecule has 1 N–H and O–H groups in total. The number of ether oxygens (including phenoxy) is 1. The van der Waals surface area contributed by atoms with Gasteiger partial charge in [0.2, 0.25) is 0 Å². The van der Waals surface area contributed by atoms with Gasteiger partial charge in [-0.3, -0.25) is 4.79 Å². The zero-order valence-electron chi connectivity index (χ0n) is 16.2. The van der Waals surface area contributed by atoms with Crippen LogP contribution in [0, 0.1) is 0 Å². The van der Waals surface area contributed by atoms with E-state index in [1.54, 1.807) is 0 Å². The van der Waals surface area contributed by atoms with Crippen LogP contribution < -0.4 is 4.74 Å². The second kappa shape index (κ2) is 7.41. The number of amides is 1. The number of carbonyl (C=O) groups is 1. The molecule has 1 atom stereocenters. The molecule has 2 aromatic heterocycles.